The van der Waals surface area contributed by atoms with E-state index in [4.69, 9.17) is 11.2 Å². The minimum Gasteiger partial charge on any atom is -0.460 e. The summed E-state index contributed by atoms with van der Waals surface area (Å²) < 4.78 is 31.9. The standard InChI is InChI=1S/C21H19N3O7S/c1-3-21(2)19(20(26)22-13-18(25)31-14-15-9-5-4-6-10-15)23(21)32(29,30)17-12-8-7-11-16(17)24(27)28/h1,4-12,19H,13-14H2,2H3,(H,22,26)/t19-,21+,23?/m1/s1. The predicted molar refractivity (Wildman–Crippen MR) is 112 cm³/mol. The third-order valence-corrected chi connectivity index (χ3v) is 6.96. The van der Waals surface area contributed by atoms with Gasteiger partial charge in [-0.2, -0.15) is 4.31 Å². The summed E-state index contributed by atoms with van der Waals surface area (Å²) >= 11 is 0. The Bertz CT molecular complexity index is 1210. The number of carbonyl (C=O) groups is 2. The Morgan fingerprint density at radius 3 is 2.47 bits per heavy atom. The van der Waals surface area contributed by atoms with E-state index in [1.807, 2.05) is 6.07 Å². The van der Waals surface area contributed by atoms with E-state index in [1.165, 1.54) is 19.1 Å². The van der Waals surface area contributed by atoms with Crippen LogP contribution in [0.4, 0.5) is 5.69 Å². The molecule has 1 fully saturated rings. The van der Waals surface area contributed by atoms with Crippen molar-refractivity contribution in [2.75, 3.05) is 6.54 Å². The first kappa shape index (κ1) is 22.9. The zero-order valence-corrected chi connectivity index (χ0v) is 17.7. The second kappa shape index (κ2) is 8.78. The quantitative estimate of drug-likeness (QED) is 0.207. The molecule has 1 saturated heterocycles. The fourth-order valence-electron chi connectivity index (χ4n) is 3.23. The molecule has 32 heavy (non-hydrogen) atoms. The van der Waals surface area contributed by atoms with Crippen LogP contribution in [0, 0.1) is 22.5 Å². The van der Waals surface area contributed by atoms with Gasteiger partial charge in [0.1, 0.15) is 24.7 Å². The van der Waals surface area contributed by atoms with E-state index in [-0.39, 0.29) is 6.61 Å². The number of amides is 1. The maximum Gasteiger partial charge on any atom is 0.325 e. The largest absolute Gasteiger partial charge is 0.460 e. The normalized spacial score (nSPS) is 21.8. The van der Waals surface area contributed by atoms with Gasteiger partial charge in [-0.15, -0.1) is 6.42 Å². The molecule has 0 bridgehead atoms. The zero-order chi connectivity index (χ0) is 23.5. The van der Waals surface area contributed by atoms with E-state index in [1.54, 1.807) is 24.3 Å². The number of benzene rings is 2. The van der Waals surface area contributed by atoms with Crippen molar-refractivity contribution in [1.82, 2.24) is 9.62 Å². The number of hydrogen-bond acceptors (Lipinski definition) is 7. The van der Waals surface area contributed by atoms with Gasteiger partial charge < -0.3 is 10.1 Å². The molecule has 1 amide bonds. The Morgan fingerprint density at radius 2 is 1.84 bits per heavy atom. The number of nitro benzene ring substituents is 1. The summed E-state index contributed by atoms with van der Waals surface area (Å²) in [5, 5.41) is 13.6. The van der Waals surface area contributed by atoms with Crippen LogP contribution < -0.4 is 5.32 Å². The van der Waals surface area contributed by atoms with Gasteiger partial charge in [0.15, 0.2) is 4.90 Å². The molecule has 2 aromatic carbocycles. The lowest BCUT2D eigenvalue weighted by atomic mass is 10.1. The first-order chi connectivity index (χ1) is 15.1. The van der Waals surface area contributed by atoms with Crippen LogP contribution in [-0.2, 0) is 31.0 Å². The SMILES string of the molecule is C#C[C@@]1(C)[C@@H](C(=O)NCC(=O)OCc2ccccc2)N1S(=O)(=O)c1ccccc1[N+](=O)[O-]. The number of hydrogen-bond donors (Lipinski definition) is 1. The van der Waals surface area contributed by atoms with Crippen LogP contribution in [-0.4, -0.2) is 47.6 Å². The van der Waals surface area contributed by atoms with Gasteiger partial charge in [-0.1, -0.05) is 48.4 Å². The van der Waals surface area contributed by atoms with Crippen molar-refractivity contribution in [1.29, 1.82) is 0 Å². The van der Waals surface area contributed by atoms with Crippen molar-refractivity contribution in [3.8, 4) is 12.3 Å². The fourth-order valence-corrected chi connectivity index (χ4v) is 5.28. The lowest BCUT2D eigenvalue weighted by Crippen LogP contribution is -2.36. The highest BCUT2D eigenvalue weighted by atomic mass is 32.2. The minimum absolute atomic E-state index is 0.0131. The molecular formula is C21H19N3O7S. The lowest BCUT2D eigenvalue weighted by Gasteiger charge is -2.08. The summed E-state index contributed by atoms with van der Waals surface area (Å²) in [5.74, 6) is 0.716. The van der Waals surface area contributed by atoms with E-state index in [0.29, 0.717) is 4.31 Å². The Labute approximate surface area is 184 Å². The summed E-state index contributed by atoms with van der Waals surface area (Å²) in [6.07, 6.45) is 5.47. The van der Waals surface area contributed by atoms with Gasteiger partial charge in [0.25, 0.3) is 15.7 Å². The lowest BCUT2D eigenvalue weighted by molar-refractivity contribution is -0.387. The van der Waals surface area contributed by atoms with Crippen molar-refractivity contribution < 1.29 is 27.7 Å². The van der Waals surface area contributed by atoms with Crippen LogP contribution >= 0.6 is 0 Å². The molecule has 11 heteroatoms. The predicted octanol–water partition coefficient (Wildman–Crippen LogP) is 1.22. The molecule has 1 aliphatic rings. The molecule has 0 aromatic heterocycles. The zero-order valence-electron chi connectivity index (χ0n) is 16.9. The summed E-state index contributed by atoms with van der Waals surface area (Å²) in [4.78, 5) is 34.4. The highest BCUT2D eigenvalue weighted by molar-refractivity contribution is 7.89. The molecule has 0 spiro atoms. The van der Waals surface area contributed by atoms with E-state index < -0.39 is 55.5 Å². The molecule has 3 rings (SSSR count). The molecule has 0 radical (unpaired) electrons. The number of ether oxygens (including phenoxy) is 1. The molecule has 1 unspecified atom stereocenters. The Hall–Kier alpha value is -3.75. The van der Waals surface area contributed by atoms with Crippen LogP contribution in [0.3, 0.4) is 0 Å². The van der Waals surface area contributed by atoms with E-state index in [0.717, 1.165) is 17.7 Å². The number of esters is 1. The molecule has 1 aliphatic heterocycles. The Balaban J connectivity index is 1.70. The van der Waals surface area contributed by atoms with Crippen molar-refractivity contribution in [2.45, 2.75) is 30.0 Å². The topological polar surface area (TPSA) is 136 Å². The van der Waals surface area contributed by atoms with Gasteiger partial charge in [0.05, 0.1) is 4.92 Å². The van der Waals surface area contributed by atoms with Gasteiger partial charge in [-0.05, 0) is 18.6 Å². The second-order valence-electron chi connectivity index (χ2n) is 7.08. The highest BCUT2D eigenvalue weighted by Crippen LogP contribution is 2.46. The van der Waals surface area contributed by atoms with Gasteiger partial charge in [-0.3, -0.25) is 19.7 Å². The van der Waals surface area contributed by atoms with Crippen LogP contribution in [0.15, 0.2) is 59.5 Å². The average molecular weight is 457 g/mol. The van der Waals surface area contributed by atoms with Crippen LogP contribution in [0.25, 0.3) is 0 Å². The molecular weight excluding hydrogens is 438 g/mol. The number of sulfonamides is 1. The molecule has 2 aromatic rings. The second-order valence-corrected chi connectivity index (χ2v) is 8.87. The summed E-state index contributed by atoms with van der Waals surface area (Å²) in [6, 6.07) is 12.3. The summed E-state index contributed by atoms with van der Waals surface area (Å²) in [5.41, 5.74) is -1.42. The van der Waals surface area contributed by atoms with Crippen molar-refractivity contribution in [2.24, 2.45) is 0 Å². The number of nitrogens with one attached hydrogen (secondary N) is 1. The van der Waals surface area contributed by atoms with Gasteiger partial charge in [0.2, 0.25) is 5.91 Å². The number of para-hydroxylation sites is 1. The fraction of sp³-hybridized carbons (Fsp3) is 0.238. The molecule has 3 atom stereocenters. The smallest absolute Gasteiger partial charge is 0.325 e. The number of terminal acetylenes is 1. The molecule has 1 N–H and O–H groups in total. The Kier molecular flexibility index (Phi) is 6.29. The number of carbonyl (C=O) groups excluding carboxylic acids is 2. The first-order valence-electron chi connectivity index (χ1n) is 9.36. The molecule has 0 aliphatic carbocycles. The number of nitrogens with zero attached hydrogens (tertiary/aromatic N) is 2. The number of rotatable bonds is 8. The molecule has 0 saturated carbocycles. The summed E-state index contributed by atoms with van der Waals surface area (Å²) in [7, 11) is -4.47. The van der Waals surface area contributed by atoms with Crippen LogP contribution in [0.1, 0.15) is 12.5 Å². The summed E-state index contributed by atoms with van der Waals surface area (Å²) in [6.45, 7) is 0.860. The third kappa shape index (κ3) is 4.32. The van der Waals surface area contributed by atoms with Gasteiger partial charge in [0, 0.05) is 6.07 Å². The average Bonchev–Trinajstić information content (AvgIpc) is 3.44. The van der Waals surface area contributed by atoms with Crippen LogP contribution in [0.2, 0.25) is 0 Å². The maximum atomic E-state index is 13.1. The molecule has 10 nitrogen and oxygen atoms in total. The molecule has 166 valence electrons. The Morgan fingerprint density at radius 1 is 1.22 bits per heavy atom. The van der Waals surface area contributed by atoms with Crippen molar-refractivity contribution >= 4 is 27.6 Å². The van der Waals surface area contributed by atoms with Crippen molar-refractivity contribution in [3.63, 3.8) is 0 Å². The van der Waals surface area contributed by atoms with Crippen molar-refractivity contribution in [3.05, 3.63) is 70.3 Å². The van der Waals surface area contributed by atoms with E-state index >= 15 is 0 Å². The van der Waals surface area contributed by atoms with Gasteiger partial charge >= 0.3 is 5.97 Å². The molecule has 1 heterocycles. The highest BCUT2D eigenvalue weighted by Gasteiger charge is 2.69. The first-order valence-corrected chi connectivity index (χ1v) is 10.8. The monoisotopic (exact) mass is 457 g/mol. The maximum absolute atomic E-state index is 13.1. The third-order valence-electron chi connectivity index (χ3n) is 4.95. The van der Waals surface area contributed by atoms with E-state index in [2.05, 4.69) is 11.2 Å². The van der Waals surface area contributed by atoms with E-state index in [9.17, 15) is 28.1 Å². The van der Waals surface area contributed by atoms with Crippen LogP contribution in [0.5, 0.6) is 0 Å². The number of nitro groups is 1. The van der Waals surface area contributed by atoms with Gasteiger partial charge in [-0.25, -0.2) is 8.42 Å². The minimum atomic E-state index is -4.47.